The molecule has 3 aliphatic heterocycles. The van der Waals surface area contributed by atoms with Gasteiger partial charge in [-0.1, -0.05) is 6.07 Å². The van der Waals surface area contributed by atoms with Gasteiger partial charge in [-0.05, 0) is 24.5 Å². The second-order valence-corrected chi connectivity index (χ2v) is 7.43. The van der Waals surface area contributed by atoms with Gasteiger partial charge >= 0.3 is 0 Å². The van der Waals surface area contributed by atoms with E-state index in [9.17, 15) is 9.59 Å². The molecule has 3 aliphatic rings. The maximum Gasteiger partial charge on any atom is 0.228 e. The summed E-state index contributed by atoms with van der Waals surface area (Å²) < 4.78 is 0. The average molecular weight is 356 g/mol. The number of carbonyl (C=O) groups excluding carboxylic acids is 2. The second-order valence-electron chi connectivity index (χ2n) is 6.71. The van der Waals surface area contributed by atoms with Crippen LogP contribution in [-0.4, -0.2) is 50.7 Å². The minimum absolute atomic E-state index is 0.0770. The number of pyridine rings is 1. The van der Waals surface area contributed by atoms with E-state index in [1.54, 1.807) is 29.2 Å². The summed E-state index contributed by atoms with van der Waals surface area (Å²) >= 11 is 1.54. The second kappa shape index (κ2) is 6.92. The van der Waals surface area contributed by atoms with Crippen LogP contribution in [0.15, 0.2) is 35.4 Å². The molecule has 130 valence electrons. The highest BCUT2D eigenvalue weighted by Gasteiger charge is 2.41. The molecule has 2 aromatic heterocycles. The van der Waals surface area contributed by atoms with Crippen LogP contribution in [0.25, 0.3) is 0 Å². The Balaban J connectivity index is 1.48. The van der Waals surface area contributed by atoms with E-state index in [0.29, 0.717) is 26.1 Å². The molecule has 2 atom stereocenters. The van der Waals surface area contributed by atoms with Gasteiger partial charge < -0.3 is 9.80 Å². The van der Waals surface area contributed by atoms with E-state index in [1.807, 2.05) is 27.3 Å². The lowest BCUT2D eigenvalue weighted by molar-refractivity contribution is -0.140. The minimum Gasteiger partial charge on any atom is -0.340 e. The highest BCUT2D eigenvalue weighted by atomic mass is 32.1. The van der Waals surface area contributed by atoms with E-state index < -0.39 is 0 Å². The zero-order chi connectivity index (χ0) is 17.2. The van der Waals surface area contributed by atoms with Crippen LogP contribution in [0.1, 0.15) is 24.1 Å². The quantitative estimate of drug-likeness (QED) is 0.837. The van der Waals surface area contributed by atoms with Crippen molar-refractivity contribution in [3.05, 3.63) is 46.7 Å². The van der Waals surface area contributed by atoms with E-state index in [-0.39, 0.29) is 23.8 Å². The van der Waals surface area contributed by atoms with E-state index in [4.69, 9.17) is 0 Å². The lowest BCUT2D eigenvalue weighted by Crippen LogP contribution is -2.47. The van der Waals surface area contributed by atoms with Gasteiger partial charge in [0, 0.05) is 36.9 Å². The smallest absolute Gasteiger partial charge is 0.228 e. The van der Waals surface area contributed by atoms with Gasteiger partial charge in [0.1, 0.15) is 0 Å². The molecule has 25 heavy (non-hydrogen) atoms. The molecule has 5 rings (SSSR count). The molecule has 0 saturated carbocycles. The number of nitrogens with zero attached hydrogens (tertiary/aromatic N) is 4. The van der Waals surface area contributed by atoms with Crippen LogP contribution in [0.4, 0.5) is 0 Å². The van der Waals surface area contributed by atoms with Crippen molar-refractivity contribution in [2.45, 2.75) is 31.8 Å². The first-order valence-corrected chi connectivity index (χ1v) is 9.49. The summed E-state index contributed by atoms with van der Waals surface area (Å²) in [7, 11) is 0. The summed E-state index contributed by atoms with van der Waals surface area (Å²) in [5, 5.41) is 1.98. The van der Waals surface area contributed by atoms with Gasteiger partial charge in [0.25, 0.3) is 0 Å². The summed E-state index contributed by atoms with van der Waals surface area (Å²) in [4.78, 5) is 37.7. The van der Waals surface area contributed by atoms with Crippen LogP contribution in [0.5, 0.6) is 0 Å². The van der Waals surface area contributed by atoms with Crippen LogP contribution in [0.3, 0.4) is 0 Å². The SMILES string of the molecule is O=C(Cc1cccnc1)N1C[C@@H]2CC[C@H](C1)N(Cc1cscn1)C2=O. The molecule has 3 fully saturated rings. The molecule has 0 spiro atoms. The summed E-state index contributed by atoms with van der Waals surface area (Å²) in [6.07, 6.45) is 5.59. The van der Waals surface area contributed by atoms with Crippen molar-refractivity contribution in [1.29, 1.82) is 0 Å². The predicted molar refractivity (Wildman–Crippen MR) is 93.7 cm³/mol. The van der Waals surface area contributed by atoms with Crippen molar-refractivity contribution in [2.24, 2.45) is 5.92 Å². The Morgan fingerprint density at radius 1 is 1.32 bits per heavy atom. The molecule has 5 heterocycles. The third-order valence-electron chi connectivity index (χ3n) is 5.04. The summed E-state index contributed by atoms with van der Waals surface area (Å²) in [6, 6.07) is 3.84. The number of amides is 2. The minimum atomic E-state index is -0.0877. The lowest BCUT2D eigenvalue weighted by Gasteiger charge is -2.35. The van der Waals surface area contributed by atoms with Gasteiger partial charge in [-0.3, -0.25) is 14.6 Å². The zero-order valence-corrected chi connectivity index (χ0v) is 14.7. The molecule has 2 bridgehead atoms. The molecule has 0 aromatic carbocycles. The van der Waals surface area contributed by atoms with Gasteiger partial charge in [0.05, 0.1) is 30.1 Å². The number of fused-ring (bicyclic) bond motifs is 4. The van der Waals surface area contributed by atoms with Gasteiger partial charge in [0.2, 0.25) is 11.8 Å². The van der Waals surface area contributed by atoms with Gasteiger partial charge in [0.15, 0.2) is 0 Å². The highest BCUT2D eigenvalue weighted by Crippen LogP contribution is 2.30. The number of rotatable bonds is 4. The first-order valence-electron chi connectivity index (χ1n) is 8.55. The van der Waals surface area contributed by atoms with E-state index >= 15 is 0 Å². The van der Waals surface area contributed by atoms with E-state index in [1.165, 1.54) is 0 Å². The summed E-state index contributed by atoms with van der Waals surface area (Å²) in [5.41, 5.74) is 3.63. The molecule has 0 unspecified atom stereocenters. The molecular weight excluding hydrogens is 336 g/mol. The molecule has 0 aliphatic carbocycles. The van der Waals surface area contributed by atoms with Crippen LogP contribution >= 0.6 is 11.3 Å². The molecule has 0 radical (unpaired) electrons. The van der Waals surface area contributed by atoms with E-state index in [2.05, 4.69) is 9.97 Å². The summed E-state index contributed by atoms with van der Waals surface area (Å²) in [6.45, 7) is 1.70. The summed E-state index contributed by atoms with van der Waals surface area (Å²) in [5.74, 6) is 0.157. The number of thiazole rings is 1. The number of aromatic nitrogens is 2. The Morgan fingerprint density at radius 2 is 2.24 bits per heavy atom. The van der Waals surface area contributed by atoms with Gasteiger partial charge in [-0.15, -0.1) is 11.3 Å². The largest absolute Gasteiger partial charge is 0.340 e. The Hall–Kier alpha value is -2.28. The molecule has 0 N–H and O–H groups in total. The monoisotopic (exact) mass is 356 g/mol. The zero-order valence-electron chi connectivity index (χ0n) is 13.9. The maximum absolute atomic E-state index is 12.8. The highest BCUT2D eigenvalue weighted by molar-refractivity contribution is 7.07. The standard InChI is InChI=1S/C18H20N4O2S/c23-17(6-13-2-1-5-19-7-13)21-8-14-3-4-16(10-21)22(18(14)24)9-15-11-25-12-20-15/h1-2,5,7,11-12,14,16H,3-4,6,8-10H2/t14-,16+/m0/s1. The molecule has 3 saturated heterocycles. The molecule has 6 nitrogen and oxygen atoms in total. The number of hydrogen-bond donors (Lipinski definition) is 0. The first kappa shape index (κ1) is 16.2. The van der Waals surface area contributed by atoms with Crippen LogP contribution in [-0.2, 0) is 22.6 Å². The third kappa shape index (κ3) is 3.42. The number of piperidine rings is 1. The first-order chi connectivity index (χ1) is 12.2. The normalized spacial score (nSPS) is 23.0. The fourth-order valence-corrected chi connectivity index (χ4v) is 4.28. The lowest BCUT2D eigenvalue weighted by atomic mass is 9.94. The Bertz CT molecular complexity index is 750. The van der Waals surface area contributed by atoms with Crippen LogP contribution < -0.4 is 0 Å². The molecule has 2 aromatic rings. The van der Waals surface area contributed by atoms with Crippen molar-refractivity contribution in [1.82, 2.24) is 19.8 Å². The van der Waals surface area contributed by atoms with Crippen molar-refractivity contribution in [3.8, 4) is 0 Å². The topological polar surface area (TPSA) is 66.4 Å². The van der Waals surface area contributed by atoms with Crippen molar-refractivity contribution >= 4 is 23.2 Å². The number of carbonyl (C=O) groups is 2. The van der Waals surface area contributed by atoms with Crippen LogP contribution in [0, 0.1) is 5.92 Å². The van der Waals surface area contributed by atoms with Crippen molar-refractivity contribution in [3.63, 3.8) is 0 Å². The Kier molecular flexibility index (Phi) is 4.48. The average Bonchev–Trinajstić information content (AvgIpc) is 2.98. The Labute approximate surface area is 150 Å². The number of hydrogen-bond acceptors (Lipinski definition) is 5. The van der Waals surface area contributed by atoms with Crippen molar-refractivity contribution in [2.75, 3.05) is 13.1 Å². The van der Waals surface area contributed by atoms with Gasteiger partial charge in [-0.25, -0.2) is 4.98 Å². The maximum atomic E-state index is 12.8. The predicted octanol–water partition coefficient (Wildman–Crippen LogP) is 1.73. The third-order valence-corrected chi connectivity index (χ3v) is 5.68. The molecule has 7 heteroatoms. The molecular formula is C18H20N4O2S. The van der Waals surface area contributed by atoms with Crippen molar-refractivity contribution < 1.29 is 9.59 Å². The van der Waals surface area contributed by atoms with E-state index in [0.717, 1.165) is 24.1 Å². The fourth-order valence-electron chi connectivity index (χ4n) is 3.73. The van der Waals surface area contributed by atoms with Gasteiger partial charge in [-0.2, -0.15) is 0 Å². The molecule has 2 amide bonds. The van der Waals surface area contributed by atoms with Crippen LogP contribution in [0.2, 0.25) is 0 Å². The Morgan fingerprint density at radius 3 is 3.00 bits per heavy atom. The fraction of sp³-hybridized carbons (Fsp3) is 0.444.